The van der Waals surface area contributed by atoms with E-state index in [0.717, 1.165) is 19.6 Å². The second-order valence-electron chi connectivity index (χ2n) is 4.76. The first-order valence-corrected chi connectivity index (χ1v) is 7.84. The fraction of sp³-hybridized carbons (Fsp3) is 0.667. The molecular formula is C12H22N2O4S. The van der Waals surface area contributed by atoms with Gasteiger partial charge in [0.1, 0.15) is 5.76 Å². The van der Waals surface area contributed by atoms with E-state index >= 15 is 0 Å². The number of nitrogens with two attached hydrogens (primary N) is 1. The van der Waals surface area contributed by atoms with Crippen molar-refractivity contribution in [1.29, 1.82) is 0 Å². The van der Waals surface area contributed by atoms with E-state index < -0.39 is 10.0 Å². The Labute approximate surface area is 114 Å². The van der Waals surface area contributed by atoms with Gasteiger partial charge in [-0.05, 0) is 31.0 Å². The molecule has 1 heterocycles. The third kappa shape index (κ3) is 6.72. The van der Waals surface area contributed by atoms with Gasteiger partial charge in [0, 0.05) is 13.2 Å². The van der Waals surface area contributed by atoms with E-state index in [1.165, 1.54) is 6.07 Å². The van der Waals surface area contributed by atoms with E-state index in [2.05, 4.69) is 19.2 Å². The van der Waals surface area contributed by atoms with Gasteiger partial charge in [0.05, 0.1) is 6.54 Å². The molecule has 0 aliphatic carbocycles. The average molecular weight is 290 g/mol. The molecule has 0 unspecified atom stereocenters. The molecule has 1 rings (SSSR count). The van der Waals surface area contributed by atoms with Crippen LogP contribution in [0.1, 0.15) is 26.0 Å². The van der Waals surface area contributed by atoms with Gasteiger partial charge >= 0.3 is 0 Å². The number of rotatable bonds is 9. The summed E-state index contributed by atoms with van der Waals surface area (Å²) in [7, 11) is -3.75. The summed E-state index contributed by atoms with van der Waals surface area (Å²) in [5.74, 6) is 1.10. The van der Waals surface area contributed by atoms with E-state index in [9.17, 15) is 8.42 Å². The second kappa shape index (κ2) is 7.64. The molecule has 7 heteroatoms. The molecule has 1 aromatic heterocycles. The number of hydrogen-bond donors (Lipinski definition) is 2. The van der Waals surface area contributed by atoms with Crippen molar-refractivity contribution < 1.29 is 17.6 Å². The van der Waals surface area contributed by atoms with Crippen LogP contribution in [0.4, 0.5) is 0 Å². The number of sulfonamides is 1. The number of hydrogen-bond acceptors (Lipinski definition) is 5. The van der Waals surface area contributed by atoms with Gasteiger partial charge < -0.3 is 14.5 Å². The van der Waals surface area contributed by atoms with Crippen LogP contribution in [0, 0.1) is 5.92 Å². The number of nitrogens with one attached hydrogen (secondary N) is 1. The van der Waals surface area contributed by atoms with Crippen molar-refractivity contribution in [2.45, 2.75) is 31.9 Å². The van der Waals surface area contributed by atoms with Crippen LogP contribution < -0.4 is 10.5 Å². The lowest BCUT2D eigenvalue weighted by Gasteiger charge is -2.06. The summed E-state index contributed by atoms with van der Waals surface area (Å²) >= 11 is 0. The van der Waals surface area contributed by atoms with Gasteiger partial charge in [0.25, 0.3) is 10.0 Å². The minimum atomic E-state index is -3.75. The smallest absolute Gasteiger partial charge is 0.271 e. The van der Waals surface area contributed by atoms with Crippen molar-refractivity contribution in [2.24, 2.45) is 11.1 Å². The third-order valence-corrected chi connectivity index (χ3v) is 3.09. The van der Waals surface area contributed by atoms with Crippen LogP contribution in [0.2, 0.25) is 0 Å². The molecule has 0 amide bonds. The summed E-state index contributed by atoms with van der Waals surface area (Å²) in [5.41, 5.74) is 0. The van der Waals surface area contributed by atoms with Crippen LogP contribution in [0.15, 0.2) is 21.6 Å². The summed E-state index contributed by atoms with van der Waals surface area (Å²) in [6.45, 7) is 6.96. The molecule has 0 saturated heterocycles. The molecule has 0 aliphatic rings. The molecule has 1 aromatic rings. The lowest BCUT2D eigenvalue weighted by Crippen LogP contribution is -2.16. The van der Waals surface area contributed by atoms with Crippen molar-refractivity contribution in [3.05, 3.63) is 17.9 Å². The van der Waals surface area contributed by atoms with Gasteiger partial charge in [0.2, 0.25) is 5.09 Å². The summed E-state index contributed by atoms with van der Waals surface area (Å²) < 4.78 is 32.5. The summed E-state index contributed by atoms with van der Waals surface area (Å²) in [5, 5.41) is 7.89. The zero-order chi connectivity index (χ0) is 14.3. The first-order valence-electron chi connectivity index (χ1n) is 6.29. The maximum Gasteiger partial charge on any atom is 0.271 e. The molecule has 0 aromatic carbocycles. The maximum absolute atomic E-state index is 11.0. The van der Waals surface area contributed by atoms with Crippen molar-refractivity contribution >= 4 is 10.0 Å². The van der Waals surface area contributed by atoms with Crippen LogP contribution in [0.3, 0.4) is 0 Å². The fourth-order valence-corrected chi connectivity index (χ4v) is 1.92. The Balaban J connectivity index is 2.15. The molecule has 0 radical (unpaired) electrons. The van der Waals surface area contributed by atoms with Gasteiger partial charge in [0.15, 0.2) is 0 Å². The van der Waals surface area contributed by atoms with Gasteiger partial charge in [-0.1, -0.05) is 13.8 Å². The maximum atomic E-state index is 11.0. The minimum absolute atomic E-state index is 0.204. The number of primary sulfonamides is 1. The quantitative estimate of drug-likeness (QED) is 0.664. The SMILES string of the molecule is CC(C)COCCCNCc1ccc(S(N)(=O)=O)o1. The Morgan fingerprint density at radius 2 is 2.16 bits per heavy atom. The minimum Gasteiger partial charge on any atom is -0.447 e. The highest BCUT2D eigenvalue weighted by molar-refractivity contribution is 7.89. The van der Waals surface area contributed by atoms with Gasteiger partial charge in [-0.2, -0.15) is 0 Å². The Hall–Kier alpha value is -0.890. The highest BCUT2D eigenvalue weighted by Crippen LogP contribution is 2.11. The van der Waals surface area contributed by atoms with E-state index in [1.807, 2.05) is 0 Å². The molecule has 0 aliphatic heterocycles. The normalized spacial score (nSPS) is 12.2. The Morgan fingerprint density at radius 3 is 2.74 bits per heavy atom. The molecule has 0 atom stereocenters. The van der Waals surface area contributed by atoms with Crippen molar-refractivity contribution in [1.82, 2.24) is 5.32 Å². The van der Waals surface area contributed by atoms with E-state index in [0.29, 0.717) is 24.8 Å². The molecule has 0 fully saturated rings. The van der Waals surface area contributed by atoms with E-state index in [1.54, 1.807) is 6.07 Å². The predicted molar refractivity (Wildman–Crippen MR) is 72.1 cm³/mol. The molecule has 0 bridgehead atoms. The van der Waals surface area contributed by atoms with Crippen molar-refractivity contribution in [3.63, 3.8) is 0 Å². The fourth-order valence-electron chi connectivity index (χ4n) is 1.44. The molecule has 19 heavy (non-hydrogen) atoms. The summed E-state index contributed by atoms with van der Waals surface area (Å²) in [4.78, 5) is 0. The van der Waals surface area contributed by atoms with Crippen molar-refractivity contribution in [2.75, 3.05) is 19.8 Å². The largest absolute Gasteiger partial charge is 0.447 e. The highest BCUT2D eigenvalue weighted by Gasteiger charge is 2.12. The van der Waals surface area contributed by atoms with E-state index in [-0.39, 0.29) is 5.09 Å². The zero-order valence-electron chi connectivity index (χ0n) is 11.4. The molecule has 0 saturated carbocycles. The van der Waals surface area contributed by atoms with Gasteiger partial charge in [-0.25, -0.2) is 13.6 Å². The lowest BCUT2D eigenvalue weighted by molar-refractivity contribution is 0.108. The van der Waals surface area contributed by atoms with Crippen LogP contribution in [-0.2, 0) is 21.3 Å². The standard InChI is InChI=1S/C12H22N2O4S/c1-10(2)9-17-7-3-6-14-8-11-4-5-12(18-11)19(13,15)16/h4-5,10,14H,3,6-9H2,1-2H3,(H2,13,15,16). The van der Waals surface area contributed by atoms with Crippen LogP contribution >= 0.6 is 0 Å². The molecule has 3 N–H and O–H groups in total. The topological polar surface area (TPSA) is 94.6 Å². The Kier molecular flexibility index (Phi) is 6.50. The molecule has 6 nitrogen and oxygen atoms in total. The van der Waals surface area contributed by atoms with Crippen molar-refractivity contribution in [3.8, 4) is 0 Å². The Bertz CT molecular complexity index is 468. The highest BCUT2D eigenvalue weighted by atomic mass is 32.2. The number of ether oxygens (including phenoxy) is 1. The monoisotopic (exact) mass is 290 g/mol. The van der Waals surface area contributed by atoms with Crippen LogP contribution in [-0.4, -0.2) is 28.2 Å². The molecule has 0 spiro atoms. The average Bonchev–Trinajstić information content (AvgIpc) is 2.75. The van der Waals surface area contributed by atoms with Crippen LogP contribution in [0.25, 0.3) is 0 Å². The molecule has 110 valence electrons. The molecular weight excluding hydrogens is 268 g/mol. The predicted octanol–water partition coefficient (Wildman–Crippen LogP) is 1.08. The van der Waals surface area contributed by atoms with Crippen LogP contribution in [0.5, 0.6) is 0 Å². The first-order chi connectivity index (χ1) is 8.89. The number of furan rings is 1. The lowest BCUT2D eigenvalue weighted by atomic mass is 10.2. The van der Waals surface area contributed by atoms with Gasteiger partial charge in [-0.3, -0.25) is 0 Å². The van der Waals surface area contributed by atoms with E-state index in [4.69, 9.17) is 14.3 Å². The zero-order valence-corrected chi connectivity index (χ0v) is 12.2. The summed E-state index contributed by atoms with van der Waals surface area (Å²) in [6.07, 6.45) is 0.898. The second-order valence-corrected chi connectivity index (χ2v) is 6.26. The first kappa shape index (κ1) is 16.2. The Morgan fingerprint density at radius 1 is 1.42 bits per heavy atom. The third-order valence-electron chi connectivity index (χ3n) is 2.31. The van der Waals surface area contributed by atoms with Gasteiger partial charge in [-0.15, -0.1) is 0 Å². The summed E-state index contributed by atoms with van der Waals surface area (Å²) in [6, 6.07) is 2.96.